The minimum Gasteiger partial charge on any atom is -0.396 e. The highest BCUT2D eigenvalue weighted by atomic mass is 16.3. The number of likely N-dealkylation sites (tertiary alicyclic amines) is 1. The molecule has 0 bridgehead atoms. The van der Waals surface area contributed by atoms with E-state index >= 15 is 0 Å². The Bertz CT molecular complexity index is 217. The van der Waals surface area contributed by atoms with Crippen LogP contribution in [0.1, 0.15) is 19.8 Å². The number of aliphatic hydroxyl groups is 1. The summed E-state index contributed by atoms with van der Waals surface area (Å²) in [5.74, 6) is 0. The van der Waals surface area contributed by atoms with Crippen LogP contribution < -0.4 is 0 Å². The van der Waals surface area contributed by atoms with Gasteiger partial charge in [-0.3, -0.25) is 0 Å². The van der Waals surface area contributed by atoms with Gasteiger partial charge in [0.05, 0.1) is 0 Å². The van der Waals surface area contributed by atoms with Crippen LogP contribution in [0.2, 0.25) is 0 Å². The van der Waals surface area contributed by atoms with E-state index < -0.39 is 0 Å². The van der Waals surface area contributed by atoms with Crippen molar-refractivity contribution >= 4 is 0 Å². The van der Waals surface area contributed by atoms with E-state index in [9.17, 15) is 0 Å². The van der Waals surface area contributed by atoms with Crippen LogP contribution in [0.3, 0.4) is 0 Å². The molecule has 0 spiro atoms. The molecule has 1 aliphatic rings. The summed E-state index contributed by atoms with van der Waals surface area (Å²) in [4.78, 5) is 5.01. The first kappa shape index (κ1) is 11.3. The van der Waals surface area contributed by atoms with Gasteiger partial charge in [-0.05, 0) is 36.9 Å². The van der Waals surface area contributed by atoms with Crippen LogP contribution in [0.4, 0.5) is 0 Å². The summed E-state index contributed by atoms with van der Waals surface area (Å²) in [6, 6.07) is 0. The lowest BCUT2D eigenvalue weighted by Crippen LogP contribution is -2.41. The SMILES string of the molecule is CC1(CO)CCN(CCN=[N+]=[N-])CC1. The van der Waals surface area contributed by atoms with Gasteiger partial charge in [-0.15, -0.1) is 0 Å². The van der Waals surface area contributed by atoms with Gasteiger partial charge in [0.25, 0.3) is 0 Å². The highest BCUT2D eigenvalue weighted by molar-refractivity contribution is 4.81. The average molecular weight is 198 g/mol. The third-order valence-electron chi connectivity index (χ3n) is 3.02. The van der Waals surface area contributed by atoms with Crippen LogP contribution in [0, 0.1) is 5.41 Å². The Morgan fingerprint density at radius 2 is 2.14 bits per heavy atom. The van der Waals surface area contributed by atoms with E-state index in [0.29, 0.717) is 6.54 Å². The summed E-state index contributed by atoms with van der Waals surface area (Å²) in [6.07, 6.45) is 2.06. The number of hydrogen-bond acceptors (Lipinski definition) is 3. The Labute approximate surface area is 84.3 Å². The molecule has 5 nitrogen and oxygen atoms in total. The average Bonchev–Trinajstić information content (AvgIpc) is 2.22. The predicted molar refractivity (Wildman–Crippen MR) is 54.9 cm³/mol. The van der Waals surface area contributed by atoms with Crippen LogP contribution in [-0.2, 0) is 0 Å². The van der Waals surface area contributed by atoms with Crippen LogP contribution in [-0.4, -0.2) is 42.8 Å². The lowest BCUT2D eigenvalue weighted by Gasteiger charge is -2.37. The third kappa shape index (κ3) is 3.18. The standard InChI is InChI=1S/C9H18N4O/c1-9(8-14)2-5-13(6-3-9)7-4-11-12-10/h14H,2-8H2,1H3. The molecule has 0 atom stereocenters. The molecule has 5 heteroatoms. The second-order valence-electron chi connectivity index (χ2n) is 4.26. The normalized spacial score (nSPS) is 21.6. The van der Waals surface area contributed by atoms with E-state index in [1.165, 1.54) is 0 Å². The number of piperidine rings is 1. The lowest BCUT2D eigenvalue weighted by atomic mass is 9.81. The lowest BCUT2D eigenvalue weighted by molar-refractivity contribution is 0.0600. The Hall–Kier alpha value is -0.770. The van der Waals surface area contributed by atoms with E-state index in [-0.39, 0.29) is 12.0 Å². The largest absolute Gasteiger partial charge is 0.396 e. The second kappa shape index (κ2) is 5.20. The summed E-state index contributed by atoms with van der Waals surface area (Å²) in [5, 5.41) is 12.7. The molecular formula is C9H18N4O. The van der Waals surface area contributed by atoms with Gasteiger partial charge in [0.1, 0.15) is 0 Å². The van der Waals surface area contributed by atoms with Crippen LogP contribution in [0.25, 0.3) is 10.4 Å². The molecule has 1 saturated heterocycles. The molecule has 0 amide bonds. The maximum Gasteiger partial charge on any atom is 0.0485 e. The first-order valence-corrected chi connectivity index (χ1v) is 5.04. The topological polar surface area (TPSA) is 72.2 Å². The van der Waals surface area contributed by atoms with E-state index in [2.05, 4.69) is 21.8 Å². The molecule has 80 valence electrons. The Kier molecular flexibility index (Phi) is 4.20. The molecule has 1 heterocycles. The molecule has 0 unspecified atom stereocenters. The maximum absolute atomic E-state index is 9.17. The Balaban J connectivity index is 2.25. The smallest absolute Gasteiger partial charge is 0.0485 e. The van der Waals surface area contributed by atoms with E-state index in [1.807, 2.05) is 0 Å². The van der Waals surface area contributed by atoms with Gasteiger partial charge in [0, 0.05) is 24.6 Å². The van der Waals surface area contributed by atoms with Gasteiger partial charge < -0.3 is 10.0 Å². The molecule has 1 fully saturated rings. The van der Waals surface area contributed by atoms with Crippen molar-refractivity contribution in [3.8, 4) is 0 Å². The number of nitrogens with zero attached hydrogens (tertiary/aromatic N) is 4. The second-order valence-corrected chi connectivity index (χ2v) is 4.26. The maximum atomic E-state index is 9.17. The summed E-state index contributed by atoms with van der Waals surface area (Å²) < 4.78 is 0. The van der Waals surface area contributed by atoms with E-state index in [4.69, 9.17) is 10.6 Å². The zero-order chi connectivity index (χ0) is 10.4. The summed E-state index contributed by atoms with van der Waals surface area (Å²) >= 11 is 0. The fourth-order valence-electron chi connectivity index (χ4n) is 1.71. The zero-order valence-electron chi connectivity index (χ0n) is 8.69. The van der Waals surface area contributed by atoms with Gasteiger partial charge in [0.2, 0.25) is 0 Å². The summed E-state index contributed by atoms with van der Waals surface area (Å²) in [5.41, 5.74) is 8.23. The van der Waals surface area contributed by atoms with E-state index in [1.54, 1.807) is 0 Å². The summed E-state index contributed by atoms with van der Waals surface area (Å²) in [7, 11) is 0. The minimum atomic E-state index is 0.106. The molecular weight excluding hydrogens is 180 g/mol. The molecule has 1 aliphatic heterocycles. The molecule has 0 aromatic heterocycles. The van der Waals surface area contributed by atoms with Crippen LogP contribution >= 0.6 is 0 Å². The third-order valence-corrected chi connectivity index (χ3v) is 3.02. The number of hydrogen-bond donors (Lipinski definition) is 1. The Morgan fingerprint density at radius 1 is 1.50 bits per heavy atom. The molecule has 0 radical (unpaired) electrons. The van der Waals surface area contributed by atoms with Crippen molar-refractivity contribution in [2.75, 3.05) is 32.8 Å². The molecule has 14 heavy (non-hydrogen) atoms. The number of rotatable bonds is 4. The van der Waals surface area contributed by atoms with Crippen molar-refractivity contribution in [3.63, 3.8) is 0 Å². The van der Waals surface area contributed by atoms with Crippen molar-refractivity contribution in [1.29, 1.82) is 0 Å². The molecule has 0 aromatic carbocycles. The fraction of sp³-hybridized carbons (Fsp3) is 1.00. The van der Waals surface area contributed by atoms with Gasteiger partial charge in [-0.2, -0.15) is 0 Å². The van der Waals surface area contributed by atoms with Gasteiger partial charge in [-0.1, -0.05) is 12.0 Å². The van der Waals surface area contributed by atoms with Crippen molar-refractivity contribution in [2.45, 2.75) is 19.8 Å². The first-order valence-electron chi connectivity index (χ1n) is 5.04. The van der Waals surface area contributed by atoms with Gasteiger partial charge >= 0.3 is 0 Å². The zero-order valence-corrected chi connectivity index (χ0v) is 8.69. The van der Waals surface area contributed by atoms with Crippen LogP contribution in [0.5, 0.6) is 0 Å². The van der Waals surface area contributed by atoms with Crippen molar-refractivity contribution < 1.29 is 5.11 Å². The first-order chi connectivity index (χ1) is 6.70. The van der Waals surface area contributed by atoms with Crippen molar-refractivity contribution in [1.82, 2.24) is 4.90 Å². The number of azide groups is 1. The molecule has 0 saturated carbocycles. The summed E-state index contributed by atoms with van der Waals surface area (Å²) in [6.45, 7) is 5.78. The van der Waals surface area contributed by atoms with Crippen molar-refractivity contribution in [3.05, 3.63) is 10.4 Å². The fourth-order valence-corrected chi connectivity index (χ4v) is 1.71. The van der Waals surface area contributed by atoms with Crippen molar-refractivity contribution in [2.24, 2.45) is 10.5 Å². The van der Waals surface area contributed by atoms with Crippen LogP contribution in [0.15, 0.2) is 5.11 Å². The molecule has 0 aromatic rings. The van der Waals surface area contributed by atoms with Gasteiger partial charge in [-0.25, -0.2) is 0 Å². The monoisotopic (exact) mass is 198 g/mol. The number of aliphatic hydroxyl groups excluding tert-OH is 1. The molecule has 0 aliphatic carbocycles. The highest BCUT2D eigenvalue weighted by Gasteiger charge is 2.28. The molecule has 1 rings (SSSR count). The highest BCUT2D eigenvalue weighted by Crippen LogP contribution is 2.29. The molecule has 1 N–H and O–H groups in total. The predicted octanol–water partition coefficient (Wildman–Crippen LogP) is 1.39. The Morgan fingerprint density at radius 3 is 2.64 bits per heavy atom. The minimum absolute atomic E-state index is 0.106. The quantitative estimate of drug-likeness (QED) is 0.421. The van der Waals surface area contributed by atoms with E-state index in [0.717, 1.165) is 32.5 Å². The van der Waals surface area contributed by atoms with Gasteiger partial charge in [0.15, 0.2) is 0 Å².